The molecule has 0 aliphatic carbocycles. The molecule has 2 bridgehead atoms. The molecule has 0 radical (unpaired) electrons. The Morgan fingerprint density at radius 2 is 2.24 bits per heavy atom. The summed E-state index contributed by atoms with van der Waals surface area (Å²) in [5.41, 5.74) is -0.932. The molecule has 5 nitrogen and oxygen atoms in total. The maximum absolute atomic E-state index is 10.7. The predicted octanol–water partition coefficient (Wildman–Crippen LogP) is 0.199. The summed E-state index contributed by atoms with van der Waals surface area (Å²) in [6.07, 6.45) is 4.52. The molecule has 0 aromatic carbocycles. The minimum atomic E-state index is -0.932. The van der Waals surface area contributed by atoms with E-state index in [4.69, 9.17) is 4.84 Å². The summed E-state index contributed by atoms with van der Waals surface area (Å²) in [6.45, 7) is 6.34. The quantitative estimate of drug-likeness (QED) is 0.322. The number of carbonyl (C=O) groups excluding carboxylic acids is 1. The van der Waals surface area contributed by atoms with Gasteiger partial charge in [0.15, 0.2) is 12.4 Å². The van der Waals surface area contributed by atoms with Crippen molar-refractivity contribution in [3.05, 3.63) is 12.7 Å². The molecule has 2 unspecified atom stereocenters. The van der Waals surface area contributed by atoms with Crippen molar-refractivity contribution >= 4 is 12.5 Å². The Labute approximate surface area is 101 Å². The second-order valence-corrected chi connectivity index (χ2v) is 4.69. The van der Waals surface area contributed by atoms with E-state index in [0.29, 0.717) is 12.8 Å². The van der Waals surface area contributed by atoms with Gasteiger partial charge >= 0.3 is 0 Å². The zero-order valence-corrected chi connectivity index (χ0v) is 9.79. The Hall–Kier alpha value is -1.20. The fraction of sp³-hybridized carbons (Fsp3) is 0.667. The number of aliphatic hydroxyl groups is 1. The van der Waals surface area contributed by atoms with Gasteiger partial charge in [-0.25, -0.2) is 0 Å². The first-order valence-corrected chi connectivity index (χ1v) is 5.91. The summed E-state index contributed by atoms with van der Waals surface area (Å²) >= 11 is 0. The molecule has 0 spiro atoms. The highest BCUT2D eigenvalue weighted by Gasteiger charge is 2.50. The Kier molecular flexibility index (Phi) is 3.59. The average molecular weight is 238 g/mol. The lowest BCUT2D eigenvalue weighted by Crippen LogP contribution is -2.64. The number of fused-ring (bicyclic) bond motifs is 3. The van der Waals surface area contributed by atoms with Gasteiger partial charge in [-0.05, 0) is 37.9 Å². The number of carbonyl (C=O) groups is 1. The lowest BCUT2D eigenvalue weighted by atomic mass is 9.72. The molecule has 0 aromatic heterocycles. The maximum atomic E-state index is 10.7. The fourth-order valence-corrected chi connectivity index (χ4v) is 2.86. The van der Waals surface area contributed by atoms with Crippen LogP contribution in [0.15, 0.2) is 17.8 Å². The molecule has 0 amide bonds. The number of oxime groups is 1. The summed E-state index contributed by atoms with van der Waals surface area (Å²) in [5.74, 6) is 0.224. The highest BCUT2D eigenvalue weighted by Crippen LogP contribution is 2.39. The van der Waals surface area contributed by atoms with Crippen LogP contribution in [0.3, 0.4) is 0 Å². The molecule has 0 saturated carbocycles. The van der Waals surface area contributed by atoms with Crippen molar-refractivity contribution in [3.63, 3.8) is 0 Å². The Bertz CT molecular complexity index is 324. The van der Waals surface area contributed by atoms with E-state index in [1.807, 2.05) is 0 Å². The van der Waals surface area contributed by atoms with E-state index >= 15 is 0 Å². The van der Waals surface area contributed by atoms with Gasteiger partial charge in [0.1, 0.15) is 11.8 Å². The molecular formula is C12H18N2O3. The average Bonchev–Trinajstić information content (AvgIpc) is 2.35. The van der Waals surface area contributed by atoms with E-state index in [9.17, 15) is 9.90 Å². The molecule has 3 saturated heterocycles. The standard InChI is InChI=1S/C12H18N2O3/c1-2-11(17-13-5-8-15)12(16)9-14-6-3-10(12)4-7-14/h2,5,8,10-11,16H,1,3-4,6-7,9H2. The third kappa shape index (κ3) is 2.25. The van der Waals surface area contributed by atoms with Crippen LogP contribution >= 0.6 is 0 Å². The van der Waals surface area contributed by atoms with Crippen molar-refractivity contribution in [2.45, 2.75) is 24.5 Å². The van der Waals surface area contributed by atoms with Crippen molar-refractivity contribution in [3.8, 4) is 0 Å². The Balaban J connectivity index is 2.09. The molecule has 3 aliphatic rings. The molecule has 94 valence electrons. The van der Waals surface area contributed by atoms with E-state index in [2.05, 4.69) is 16.6 Å². The first-order chi connectivity index (χ1) is 8.20. The van der Waals surface area contributed by atoms with Gasteiger partial charge in [-0.3, -0.25) is 4.79 Å². The summed E-state index contributed by atoms with van der Waals surface area (Å²) in [4.78, 5) is 17.5. The summed E-state index contributed by atoms with van der Waals surface area (Å²) in [6, 6.07) is 0. The van der Waals surface area contributed by atoms with Crippen LogP contribution in [0.1, 0.15) is 12.8 Å². The zero-order valence-electron chi connectivity index (χ0n) is 9.79. The van der Waals surface area contributed by atoms with Gasteiger partial charge in [0.2, 0.25) is 0 Å². The van der Waals surface area contributed by atoms with Gasteiger partial charge in [-0.1, -0.05) is 11.7 Å². The van der Waals surface area contributed by atoms with Crippen molar-refractivity contribution < 1.29 is 14.7 Å². The second kappa shape index (κ2) is 4.98. The number of piperidine rings is 3. The molecular weight excluding hydrogens is 220 g/mol. The van der Waals surface area contributed by atoms with Gasteiger partial charge in [0, 0.05) is 6.54 Å². The van der Waals surface area contributed by atoms with Crippen LogP contribution < -0.4 is 0 Å². The number of rotatable bonds is 5. The lowest BCUT2D eigenvalue weighted by molar-refractivity contribution is -0.174. The SMILES string of the molecule is C=CC(ON=CC=O)C1(O)CN2CCC1CC2. The van der Waals surface area contributed by atoms with Gasteiger partial charge < -0.3 is 14.8 Å². The van der Waals surface area contributed by atoms with E-state index in [0.717, 1.165) is 32.1 Å². The minimum Gasteiger partial charge on any atom is -0.385 e. The van der Waals surface area contributed by atoms with Crippen LogP contribution in [-0.4, -0.2) is 53.8 Å². The topological polar surface area (TPSA) is 62.1 Å². The van der Waals surface area contributed by atoms with E-state index < -0.39 is 11.7 Å². The normalized spacial score (nSPS) is 37.9. The molecule has 1 N–H and O–H groups in total. The van der Waals surface area contributed by atoms with Crippen molar-refractivity contribution in [1.82, 2.24) is 4.90 Å². The van der Waals surface area contributed by atoms with Crippen LogP contribution in [0.5, 0.6) is 0 Å². The summed E-state index contributed by atoms with van der Waals surface area (Å²) < 4.78 is 0. The largest absolute Gasteiger partial charge is 0.385 e. The van der Waals surface area contributed by atoms with Crippen molar-refractivity contribution in [1.29, 1.82) is 0 Å². The fourth-order valence-electron chi connectivity index (χ4n) is 2.86. The molecule has 3 fully saturated rings. The van der Waals surface area contributed by atoms with Gasteiger partial charge in [-0.2, -0.15) is 0 Å². The Morgan fingerprint density at radius 3 is 2.71 bits per heavy atom. The van der Waals surface area contributed by atoms with Gasteiger partial charge in [0.25, 0.3) is 0 Å². The molecule has 3 heterocycles. The first-order valence-electron chi connectivity index (χ1n) is 5.91. The van der Waals surface area contributed by atoms with E-state index in [1.54, 1.807) is 6.08 Å². The Morgan fingerprint density at radius 1 is 1.53 bits per heavy atom. The van der Waals surface area contributed by atoms with Crippen LogP contribution in [-0.2, 0) is 9.63 Å². The van der Waals surface area contributed by atoms with Crippen LogP contribution in [0.4, 0.5) is 0 Å². The van der Waals surface area contributed by atoms with Crippen LogP contribution in [0, 0.1) is 5.92 Å². The number of hydrogen-bond donors (Lipinski definition) is 1. The number of hydrogen-bond acceptors (Lipinski definition) is 5. The summed E-state index contributed by atoms with van der Waals surface area (Å²) in [5, 5.41) is 14.2. The van der Waals surface area contributed by atoms with Gasteiger partial charge in [-0.15, -0.1) is 0 Å². The van der Waals surface area contributed by atoms with Crippen molar-refractivity contribution in [2.24, 2.45) is 11.1 Å². The highest BCUT2D eigenvalue weighted by molar-refractivity contribution is 6.12. The van der Waals surface area contributed by atoms with Gasteiger partial charge in [0.05, 0.1) is 0 Å². The van der Waals surface area contributed by atoms with E-state index in [1.165, 1.54) is 0 Å². The van der Waals surface area contributed by atoms with E-state index in [-0.39, 0.29) is 5.92 Å². The second-order valence-electron chi connectivity index (χ2n) is 4.69. The highest BCUT2D eigenvalue weighted by atomic mass is 16.6. The van der Waals surface area contributed by atoms with Crippen LogP contribution in [0.2, 0.25) is 0 Å². The molecule has 5 heteroatoms. The maximum Gasteiger partial charge on any atom is 0.175 e. The lowest BCUT2D eigenvalue weighted by Gasteiger charge is -2.51. The molecule has 17 heavy (non-hydrogen) atoms. The third-order valence-electron chi connectivity index (χ3n) is 3.77. The first kappa shape index (κ1) is 12.3. The zero-order chi connectivity index (χ0) is 12.3. The predicted molar refractivity (Wildman–Crippen MR) is 63.7 cm³/mol. The monoisotopic (exact) mass is 238 g/mol. The smallest absolute Gasteiger partial charge is 0.175 e. The minimum absolute atomic E-state index is 0.224. The number of aldehydes is 1. The third-order valence-corrected chi connectivity index (χ3v) is 3.77. The van der Waals surface area contributed by atoms with Crippen LogP contribution in [0.25, 0.3) is 0 Å². The number of nitrogens with zero attached hydrogens (tertiary/aromatic N) is 2. The molecule has 0 aromatic rings. The molecule has 3 aliphatic heterocycles. The summed E-state index contributed by atoms with van der Waals surface area (Å²) in [7, 11) is 0. The molecule has 2 atom stereocenters. The molecule has 3 rings (SSSR count). The van der Waals surface area contributed by atoms with Crippen molar-refractivity contribution in [2.75, 3.05) is 19.6 Å².